The summed E-state index contributed by atoms with van der Waals surface area (Å²) < 4.78 is 23.0. The molecule has 0 aliphatic heterocycles. The van der Waals surface area contributed by atoms with Crippen LogP contribution in [0.5, 0.6) is 0 Å². The molecule has 1 N–H and O–H groups in total. The molecule has 0 aromatic heterocycles. The number of esters is 2. The van der Waals surface area contributed by atoms with E-state index >= 15 is 0 Å². The monoisotopic (exact) mass is 611 g/mol. The molecule has 4 aliphatic rings. The Hall–Kier alpha value is -3.10. The van der Waals surface area contributed by atoms with Crippen LogP contribution in [-0.2, 0) is 33.3 Å². The molecular formula is C35H49NO8. The van der Waals surface area contributed by atoms with Gasteiger partial charge in [-0.15, -0.1) is 0 Å². The van der Waals surface area contributed by atoms with Crippen LogP contribution in [0, 0.1) is 46.3 Å². The van der Waals surface area contributed by atoms with E-state index in [9.17, 15) is 19.2 Å². The maximum absolute atomic E-state index is 13.5. The molecule has 242 valence electrons. The molecule has 0 bridgehead atoms. The summed E-state index contributed by atoms with van der Waals surface area (Å²) in [7, 11) is 1.42. The zero-order valence-electron chi connectivity index (χ0n) is 26.8. The number of carbonyl (C=O) groups excluding carboxylic acids is 4. The lowest BCUT2D eigenvalue weighted by Crippen LogP contribution is -2.63. The number of hydrogen-bond donors (Lipinski definition) is 1. The van der Waals surface area contributed by atoms with E-state index < -0.39 is 6.09 Å². The lowest BCUT2D eigenvalue weighted by Gasteiger charge is -2.64. The smallest absolute Gasteiger partial charge is 0.411 e. The van der Waals surface area contributed by atoms with Gasteiger partial charge in [0.25, 0.3) is 6.47 Å². The molecule has 1 aromatic carbocycles. The molecule has 0 saturated heterocycles. The van der Waals surface area contributed by atoms with Crippen LogP contribution in [0.15, 0.2) is 30.3 Å². The van der Waals surface area contributed by atoms with E-state index in [1.807, 2.05) is 30.3 Å². The van der Waals surface area contributed by atoms with E-state index in [1.165, 1.54) is 14.0 Å². The Morgan fingerprint density at radius 3 is 2.45 bits per heavy atom. The number of ether oxygens (including phenoxy) is 4. The molecule has 11 atom stereocenters. The Morgan fingerprint density at radius 2 is 1.77 bits per heavy atom. The minimum atomic E-state index is -0.468. The standard InChI is InChI=1S/C35H49NO8/c1-21(11-14-31(39)41-5)26-12-13-27-32-28(19-30(35(26,27)4)44-33(40)36-24-9-7-6-8-10-24)34(3)16-15-25(42-20-37)17-23(34)18-29(32)43-22(2)38/h6-10,20-21,23,25-30,32H,11-19H2,1-5H3,(H,36,40)/t21-,23+,25+,26-,27+,28+,29-,30+,32+,34+,35-/m1/s1. The van der Waals surface area contributed by atoms with Gasteiger partial charge in [0.2, 0.25) is 0 Å². The number of amides is 1. The van der Waals surface area contributed by atoms with E-state index in [0.29, 0.717) is 31.4 Å². The second kappa shape index (κ2) is 13.1. The Kier molecular flexibility index (Phi) is 9.61. The van der Waals surface area contributed by atoms with Gasteiger partial charge in [-0.3, -0.25) is 19.7 Å². The Balaban J connectivity index is 1.50. The third kappa shape index (κ3) is 6.08. The van der Waals surface area contributed by atoms with Crippen molar-refractivity contribution in [1.29, 1.82) is 0 Å². The molecule has 0 radical (unpaired) electrons. The highest BCUT2D eigenvalue weighted by Crippen LogP contribution is 2.69. The summed E-state index contributed by atoms with van der Waals surface area (Å²) in [4.78, 5) is 49.2. The van der Waals surface area contributed by atoms with Gasteiger partial charge in [0.1, 0.15) is 18.3 Å². The van der Waals surface area contributed by atoms with E-state index in [2.05, 4.69) is 26.1 Å². The first-order valence-electron chi connectivity index (χ1n) is 16.4. The number of rotatable bonds is 9. The fourth-order valence-corrected chi connectivity index (χ4v) is 10.2. The van der Waals surface area contributed by atoms with Crippen LogP contribution in [0.25, 0.3) is 0 Å². The van der Waals surface area contributed by atoms with Gasteiger partial charge in [0.05, 0.1) is 7.11 Å². The molecular weight excluding hydrogens is 562 g/mol. The van der Waals surface area contributed by atoms with E-state index in [0.717, 1.165) is 38.5 Å². The first kappa shape index (κ1) is 32.3. The first-order valence-corrected chi connectivity index (χ1v) is 16.4. The quantitative estimate of drug-likeness (QED) is 0.190. The van der Waals surface area contributed by atoms with Crippen molar-refractivity contribution in [2.75, 3.05) is 12.4 Å². The van der Waals surface area contributed by atoms with Crippen molar-refractivity contribution in [1.82, 2.24) is 0 Å². The molecule has 0 heterocycles. The lowest BCUT2D eigenvalue weighted by atomic mass is 9.43. The molecule has 4 fully saturated rings. The topological polar surface area (TPSA) is 117 Å². The van der Waals surface area contributed by atoms with Crippen LogP contribution in [-0.4, -0.2) is 49.9 Å². The van der Waals surface area contributed by atoms with E-state index in [-0.39, 0.29) is 76.6 Å². The largest absolute Gasteiger partial charge is 0.469 e. The van der Waals surface area contributed by atoms with Crippen LogP contribution in [0.2, 0.25) is 0 Å². The van der Waals surface area contributed by atoms with Gasteiger partial charge >= 0.3 is 18.0 Å². The fourth-order valence-electron chi connectivity index (χ4n) is 10.2. The number of anilines is 1. The van der Waals surface area contributed by atoms with Crippen LogP contribution in [0.4, 0.5) is 10.5 Å². The number of carbonyl (C=O) groups is 4. The molecule has 4 aliphatic carbocycles. The summed E-state index contributed by atoms with van der Waals surface area (Å²) in [6.07, 6.45) is 5.58. The van der Waals surface area contributed by atoms with Gasteiger partial charge in [0, 0.05) is 30.4 Å². The van der Waals surface area contributed by atoms with Crippen LogP contribution < -0.4 is 5.32 Å². The summed E-state index contributed by atoms with van der Waals surface area (Å²) in [5.74, 6) is 0.608. The van der Waals surface area contributed by atoms with Gasteiger partial charge in [-0.2, -0.15) is 0 Å². The van der Waals surface area contributed by atoms with Crippen LogP contribution >= 0.6 is 0 Å². The van der Waals surface area contributed by atoms with Gasteiger partial charge in [-0.1, -0.05) is 39.0 Å². The number of benzene rings is 1. The highest BCUT2D eigenvalue weighted by molar-refractivity contribution is 5.84. The number of fused-ring (bicyclic) bond motifs is 5. The number of hydrogen-bond acceptors (Lipinski definition) is 8. The minimum absolute atomic E-state index is 0.0719. The Morgan fingerprint density at radius 1 is 1.02 bits per heavy atom. The summed E-state index contributed by atoms with van der Waals surface area (Å²) >= 11 is 0. The normalized spacial score (nSPS) is 38.1. The van der Waals surface area contributed by atoms with Gasteiger partial charge in [0.15, 0.2) is 0 Å². The number of methoxy groups -OCH3 is 1. The molecule has 9 nitrogen and oxygen atoms in total. The van der Waals surface area contributed by atoms with Crippen molar-refractivity contribution >= 4 is 30.2 Å². The van der Waals surface area contributed by atoms with Crippen molar-refractivity contribution < 1.29 is 38.1 Å². The molecule has 1 amide bonds. The molecule has 44 heavy (non-hydrogen) atoms. The maximum atomic E-state index is 13.5. The van der Waals surface area contributed by atoms with Gasteiger partial charge in [-0.05, 0) is 98.5 Å². The van der Waals surface area contributed by atoms with Crippen molar-refractivity contribution in [3.63, 3.8) is 0 Å². The van der Waals surface area contributed by atoms with E-state index in [1.54, 1.807) is 0 Å². The molecule has 4 saturated carbocycles. The third-order valence-corrected chi connectivity index (χ3v) is 12.3. The zero-order valence-corrected chi connectivity index (χ0v) is 26.8. The Labute approximate surface area is 261 Å². The van der Waals surface area contributed by atoms with Crippen molar-refractivity contribution in [3.05, 3.63) is 30.3 Å². The summed E-state index contributed by atoms with van der Waals surface area (Å²) in [5, 5.41) is 2.93. The van der Waals surface area contributed by atoms with Crippen molar-refractivity contribution in [2.24, 2.45) is 46.3 Å². The van der Waals surface area contributed by atoms with Crippen LogP contribution in [0.3, 0.4) is 0 Å². The van der Waals surface area contributed by atoms with Gasteiger partial charge < -0.3 is 18.9 Å². The fraction of sp³-hybridized carbons (Fsp3) is 0.714. The third-order valence-electron chi connectivity index (χ3n) is 12.3. The predicted octanol–water partition coefficient (Wildman–Crippen LogP) is 6.55. The maximum Gasteiger partial charge on any atom is 0.411 e. The second-order valence-electron chi connectivity index (χ2n) is 14.3. The predicted molar refractivity (Wildman–Crippen MR) is 163 cm³/mol. The highest BCUT2D eigenvalue weighted by Gasteiger charge is 2.67. The summed E-state index contributed by atoms with van der Waals surface area (Å²) in [6.45, 7) is 8.85. The zero-order chi connectivity index (χ0) is 31.6. The van der Waals surface area contributed by atoms with Crippen molar-refractivity contribution in [3.8, 4) is 0 Å². The molecule has 5 rings (SSSR count). The molecule has 0 spiro atoms. The average Bonchev–Trinajstić information content (AvgIpc) is 3.35. The first-order chi connectivity index (χ1) is 21.0. The molecule has 1 aromatic rings. The lowest BCUT2D eigenvalue weighted by molar-refractivity contribution is -0.216. The second-order valence-corrected chi connectivity index (χ2v) is 14.3. The highest BCUT2D eigenvalue weighted by atomic mass is 16.6. The SMILES string of the molecule is COC(=O)CC[C@@H](C)[C@H]1CC[C@H]2[C@@H]3[C@H](OC(C)=O)C[C@@H]4C[C@@H](OC=O)CC[C@]4(C)[C@H]3C[C@H](OC(=O)Nc3ccccc3)[C@]12C. The number of nitrogens with one attached hydrogen (secondary N) is 1. The summed E-state index contributed by atoms with van der Waals surface area (Å²) in [5.41, 5.74) is 0.234. The molecule has 9 heteroatoms. The summed E-state index contributed by atoms with van der Waals surface area (Å²) in [6, 6.07) is 9.32. The van der Waals surface area contributed by atoms with Crippen LogP contribution in [0.1, 0.15) is 85.5 Å². The van der Waals surface area contributed by atoms with Crippen molar-refractivity contribution in [2.45, 2.75) is 104 Å². The molecule has 0 unspecified atom stereocenters. The van der Waals surface area contributed by atoms with E-state index in [4.69, 9.17) is 18.9 Å². The van der Waals surface area contributed by atoms with Gasteiger partial charge in [-0.25, -0.2) is 4.79 Å². The number of para-hydroxylation sites is 1. The Bertz CT molecular complexity index is 1210. The average molecular weight is 612 g/mol. The minimum Gasteiger partial charge on any atom is -0.469 e.